The molecule has 0 aromatic heterocycles. The molecule has 0 spiro atoms. The predicted octanol–water partition coefficient (Wildman–Crippen LogP) is 3.99. The molecule has 1 atom stereocenters. The molecule has 1 aliphatic heterocycles. The Bertz CT molecular complexity index is 468. The van der Waals surface area contributed by atoms with Crippen LogP contribution in [0.25, 0.3) is 0 Å². The van der Waals surface area contributed by atoms with Gasteiger partial charge < -0.3 is 10.1 Å². The van der Waals surface area contributed by atoms with Crippen LogP contribution < -0.4 is 10.1 Å². The quantitative estimate of drug-likeness (QED) is 0.886. The minimum absolute atomic E-state index is 0.532. The summed E-state index contributed by atoms with van der Waals surface area (Å²) in [5.74, 6) is 2.00. The summed E-state index contributed by atoms with van der Waals surface area (Å²) in [4.78, 5) is 0. The summed E-state index contributed by atoms with van der Waals surface area (Å²) in [6, 6.07) is 4.67. The highest BCUT2D eigenvalue weighted by Crippen LogP contribution is 2.35. The molecule has 110 valence electrons. The van der Waals surface area contributed by atoms with Gasteiger partial charge in [-0.3, -0.25) is 0 Å². The van der Waals surface area contributed by atoms with Crippen LogP contribution in [-0.2, 0) is 12.8 Å². The van der Waals surface area contributed by atoms with Gasteiger partial charge in [0.25, 0.3) is 0 Å². The van der Waals surface area contributed by atoms with Crippen LogP contribution in [0, 0.1) is 5.92 Å². The van der Waals surface area contributed by atoms with Gasteiger partial charge >= 0.3 is 0 Å². The first-order valence-electron chi connectivity index (χ1n) is 7.87. The Hall–Kier alpha value is -0.730. The first kappa shape index (κ1) is 14.2. The second kappa shape index (κ2) is 6.36. The first-order valence-corrected chi connectivity index (χ1v) is 8.25. The highest BCUT2D eigenvalue weighted by Gasteiger charge is 2.23. The van der Waals surface area contributed by atoms with Crippen LogP contribution in [0.15, 0.2) is 12.1 Å². The van der Waals surface area contributed by atoms with E-state index in [9.17, 15) is 0 Å². The third-order valence-corrected chi connectivity index (χ3v) is 5.01. The van der Waals surface area contributed by atoms with Crippen molar-refractivity contribution >= 4 is 11.6 Å². The van der Waals surface area contributed by atoms with Gasteiger partial charge in [0.1, 0.15) is 5.75 Å². The van der Waals surface area contributed by atoms with E-state index in [2.05, 4.69) is 24.5 Å². The van der Waals surface area contributed by atoms with Crippen LogP contribution in [-0.4, -0.2) is 19.7 Å². The SMILES string of the molecule is CNC(Cc1cc(Cl)cc2c1OCC2)CC1CCCC1. The standard InChI is InChI=1S/C17H24ClNO/c1-19-16(8-12-4-2-3-5-12)11-14-10-15(18)9-13-6-7-20-17(13)14/h9-10,12,16,19H,2-8,11H2,1H3. The van der Waals surface area contributed by atoms with Gasteiger partial charge in [0.2, 0.25) is 0 Å². The number of likely N-dealkylation sites (N-methyl/N-ethyl adjacent to an activating group) is 1. The lowest BCUT2D eigenvalue weighted by atomic mass is 9.93. The Balaban J connectivity index is 1.72. The van der Waals surface area contributed by atoms with Gasteiger partial charge in [0, 0.05) is 17.5 Å². The molecule has 20 heavy (non-hydrogen) atoms. The van der Waals surface area contributed by atoms with E-state index in [-0.39, 0.29) is 0 Å². The summed E-state index contributed by atoms with van der Waals surface area (Å²) in [6.07, 6.45) is 8.93. The number of ether oxygens (including phenoxy) is 1. The van der Waals surface area contributed by atoms with Crippen molar-refractivity contribution in [2.24, 2.45) is 5.92 Å². The van der Waals surface area contributed by atoms with E-state index in [1.807, 2.05) is 0 Å². The van der Waals surface area contributed by atoms with E-state index < -0.39 is 0 Å². The molecule has 1 saturated carbocycles. The first-order chi connectivity index (χ1) is 9.76. The lowest BCUT2D eigenvalue weighted by Gasteiger charge is -2.21. The number of hydrogen-bond donors (Lipinski definition) is 1. The maximum absolute atomic E-state index is 6.25. The average molecular weight is 294 g/mol. The van der Waals surface area contributed by atoms with E-state index in [0.717, 1.165) is 36.1 Å². The minimum atomic E-state index is 0.532. The molecule has 1 aromatic carbocycles. The van der Waals surface area contributed by atoms with Crippen LogP contribution in [0.3, 0.4) is 0 Å². The Kier molecular flexibility index (Phi) is 4.52. The number of halogens is 1. The van der Waals surface area contributed by atoms with Crippen LogP contribution in [0.4, 0.5) is 0 Å². The van der Waals surface area contributed by atoms with Crippen molar-refractivity contribution in [2.75, 3.05) is 13.7 Å². The molecular formula is C17H24ClNO. The topological polar surface area (TPSA) is 21.3 Å². The molecule has 1 N–H and O–H groups in total. The Morgan fingerprint density at radius 2 is 2.15 bits per heavy atom. The van der Waals surface area contributed by atoms with Gasteiger partial charge in [-0.1, -0.05) is 37.3 Å². The zero-order valence-corrected chi connectivity index (χ0v) is 13.0. The van der Waals surface area contributed by atoms with Crippen LogP contribution >= 0.6 is 11.6 Å². The molecule has 3 rings (SSSR count). The molecule has 1 aliphatic carbocycles. The normalized spacial score (nSPS) is 19.9. The van der Waals surface area contributed by atoms with Gasteiger partial charge in [-0.25, -0.2) is 0 Å². The summed E-state index contributed by atoms with van der Waals surface area (Å²) in [5, 5.41) is 4.34. The fourth-order valence-corrected chi connectivity index (χ4v) is 3.98. The van der Waals surface area contributed by atoms with Gasteiger partial charge in [-0.05, 0) is 49.1 Å². The summed E-state index contributed by atoms with van der Waals surface area (Å²) >= 11 is 6.25. The van der Waals surface area contributed by atoms with Crippen molar-refractivity contribution in [3.63, 3.8) is 0 Å². The molecule has 1 fully saturated rings. The lowest BCUT2D eigenvalue weighted by molar-refractivity contribution is 0.348. The van der Waals surface area contributed by atoms with Crippen molar-refractivity contribution in [1.29, 1.82) is 0 Å². The van der Waals surface area contributed by atoms with Crippen molar-refractivity contribution in [2.45, 2.75) is 51.0 Å². The molecule has 0 amide bonds. The molecule has 0 bridgehead atoms. The maximum atomic E-state index is 6.25. The summed E-state index contributed by atoms with van der Waals surface area (Å²) in [5.41, 5.74) is 2.56. The van der Waals surface area contributed by atoms with E-state index >= 15 is 0 Å². The van der Waals surface area contributed by atoms with E-state index in [1.165, 1.54) is 43.2 Å². The monoisotopic (exact) mass is 293 g/mol. The maximum Gasteiger partial charge on any atom is 0.125 e. The molecule has 2 nitrogen and oxygen atoms in total. The molecule has 0 radical (unpaired) electrons. The van der Waals surface area contributed by atoms with Gasteiger partial charge in [-0.2, -0.15) is 0 Å². The van der Waals surface area contributed by atoms with Crippen LogP contribution in [0.2, 0.25) is 5.02 Å². The van der Waals surface area contributed by atoms with Crippen molar-refractivity contribution in [1.82, 2.24) is 5.32 Å². The van der Waals surface area contributed by atoms with Crippen LogP contribution in [0.5, 0.6) is 5.75 Å². The zero-order chi connectivity index (χ0) is 13.9. The highest BCUT2D eigenvalue weighted by atomic mass is 35.5. The lowest BCUT2D eigenvalue weighted by Crippen LogP contribution is -2.29. The molecule has 0 saturated heterocycles. The Morgan fingerprint density at radius 1 is 1.35 bits per heavy atom. The minimum Gasteiger partial charge on any atom is -0.493 e. The van der Waals surface area contributed by atoms with Crippen molar-refractivity contribution in [3.05, 3.63) is 28.3 Å². The molecule has 1 unspecified atom stereocenters. The van der Waals surface area contributed by atoms with Gasteiger partial charge in [0.05, 0.1) is 6.61 Å². The second-order valence-electron chi connectivity index (χ2n) is 6.23. The summed E-state index contributed by atoms with van der Waals surface area (Å²) in [7, 11) is 2.07. The van der Waals surface area contributed by atoms with Crippen molar-refractivity contribution in [3.8, 4) is 5.75 Å². The number of fused-ring (bicyclic) bond motifs is 1. The Labute approximate surface area is 126 Å². The smallest absolute Gasteiger partial charge is 0.125 e. The molecule has 1 aromatic rings. The fraction of sp³-hybridized carbons (Fsp3) is 0.647. The number of benzene rings is 1. The van der Waals surface area contributed by atoms with Crippen LogP contribution in [0.1, 0.15) is 43.2 Å². The Morgan fingerprint density at radius 3 is 2.90 bits per heavy atom. The molecule has 2 aliphatic rings. The predicted molar refractivity (Wildman–Crippen MR) is 83.8 cm³/mol. The van der Waals surface area contributed by atoms with Gasteiger partial charge in [0.15, 0.2) is 0 Å². The van der Waals surface area contributed by atoms with Crippen molar-refractivity contribution < 1.29 is 4.74 Å². The third-order valence-electron chi connectivity index (χ3n) is 4.79. The second-order valence-corrected chi connectivity index (χ2v) is 6.66. The fourth-order valence-electron chi connectivity index (χ4n) is 3.71. The largest absolute Gasteiger partial charge is 0.493 e. The average Bonchev–Trinajstić information content (AvgIpc) is 3.08. The molecule has 1 heterocycles. The van der Waals surface area contributed by atoms with Gasteiger partial charge in [-0.15, -0.1) is 0 Å². The van der Waals surface area contributed by atoms with E-state index in [0.29, 0.717) is 6.04 Å². The summed E-state index contributed by atoms with van der Waals surface area (Å²) < 4.78 is 5.81. The third kappa shape index (κ3) is 3.12. The number of nitrogens with one attached hydrogen (secondary N) is 1. The highest BCUT2D eigenvalue weighted by molar-refractivity contribution is 6.30. The number of rotatable bonds is 5. The summed E-state index contributed by atoms with van der Waals surface area (Å²) in [6.45, 7) is 0.801. The van der Waals surface area contributed by atoms with E-state index in [4.69, 9.17) is 16.3 Å². The van der Waals surface area contributed by atoms with E-state index in [1.54, 1.807) is 0 Å². The molecular weight excluding hydrogens is 270 g/mol. The number of hydrogen-bond acceptors (Lipinski definition) is 2. The zero-order valence-electron chi connectivity index (χ0n) is 12.3. The molecule has 3 heteroatoms.